The van der Waals surface area contributed by atoms with Crippen molar-refractivity contribution in [3.63, 3.8) is 0 Å². The summed E-state index contributed by atoms with van der Waals surface area (Å²) in [5.41, 5.74) is 5.45. The fourth-order valence-corrected chi connectivity index (χ4v) is 3.85. The summed E-state index contributed by atoms with van der Waals surface area (Å²) in [5.74, 6) is -0.597. The SMILES string of the molecule is Cc1ccc(C2=C(N(C)c3ccccc3)C(=O)N(Cc3ccc(Cl)cc3)C2=O)cc1C. The number of nitrogens with zero attached hydrogens (tertiary/aromatic N) is 2. The summed E-state index contributed by atoms with van der Waals surface area (Å²) in [4.78, 5) is 30.1. The Balaban J connectivity index is 1.80. The number of hydrogen-bond acceptors (Lipinski definition) is 3. The van der Waals surface area contributed by atoms with Crippen molar-refractivity contribution >= 4 is 34.7 Å². The first-order valence-corrected chi connectivity index (χ1v) is 10.5. The average Bonchev–Trinajstić information content (AvgIpc) is 3.02. The van der Waals surface area contributed by atoms with Gasteiger partial charge in [-0.25, -0.2) is 0 Å². The van der Waals surface area contributed by atoms with Crippen LogP contribution in [-0.2, 0) is 16.1 Å². The van der Waals surface area contributed by atoms with Crippen LogP contribution >= 0.6 is 11.6 Å². The van der Waals surface area contributed by atoms with Crippen LogP contribution in [0.2, 0.25) is 5.02 Å². The molecule has 4 rings (SSSR count). The Bertz CT molecular complexity index is 1180. The number of anilines is 1. The number of carbonyl (C=O) groups excluding carboxylic acids is 2. The Labute approximate surface area is 187 Å². The lowest BCUT2D eigenvalue weighted by Gasteiger charge is -2.21. The minimum absolute atomic E-state index is 0.190. The molecule has 1 heterocycles. The van der Waals surface area contributed by atoms with E-state index in [0.29, 0.717) is 16.3 Å². The number of carbonyl (C=O) groups is 2. The summed E-state index contributed by atoms with van der Waals surface area (Å²) < 4.78 is 0. The van der Waals surface area contributed by atoms with E-state index >= 15 is 0 Å². The van der Waals surface area contributed by atoms with Gasteiger partial charge in [0.05, 0.1) is 12.1 Å². The van der Waals surface area contributed by atoms with Crippen LogP contribution in [0.3, 0.4) is 0 Å². The highest BCUT2D eigenvalue weighted by atomic mass is 35.5. The molecule has 4 nitrogen and oxygen atoms in total. The summed E-state index contributed by atoms with van der Waals surface area (Å²) in [6.45, 7) is 4.22. The highest BCUT2D eigenvalue weighted by molar-refractivity contribution is 6.36. The lowest BCUT2D eigenvalue weighted by Crippen LogP contribution is -2.33. The Morgan fingerprint density at radius 3 is 2.16 bits per heavy atom. The monoisotopic (exact) mass is 430 g/mol. The molecule has 0 aliphatic carbocycles. The maximum Gasteiger partial charge on any atom is 0.278 e. The summed E-state index contributed by atoms with van der Waals surface area (Å²) in [6, 6.07) is 22.6. The number of imide groups is 1. The third-order valence-corrected chi connectivity index (χ3v) is 5.92. The molecule has 0 fully saturated rings. The number of likely N-dealkylation sites (N-methyl/N-ethyl adjacent to an activating group) is 1. The molecule has 0 radical (unpaired) electrons. The van der Waals surface area contributed by atoms with Gasteiger partial charge in [0.15, 0.2) is 0 Å². The second-order valence-electron chi connectivity index (χ2n) is 7.74. The zero-order valence-electron chi connectivity index (χ0n) is 17.7. The topological polar surface area (TPSA) is 40.6 Å². The van der Waals surface area contributed by atoms with Crippen LogP contribution < -0.4 is 4.90 Å². The van der Waals surface area contributed by atoms with Gasteiger partial charge in [-0.2, -0.15) is 0 Å². The molecule has 0 unspecified atom stereocenters. The normalized spacial score (nSPS) is 13.9. The van der Waals surface area contributed by atoms with Crippen molar-refractivity contribution in [1.29, 1.82) is 0 Å². The van der Waals surface area contributed by atoms with Crippen molar-refractivity contribution in [2.24, 2.45) is 0 Å². The summed E-state index contributed by atoms with van der Waals surface area (Å²) in [6.07, 6.45) is 0. The number of amides is 2. The number of benzene rings is 3. The van der Waals surface area contributed by atoms with E-state index in [1.165, 1.54) is 4.90 Å². The molecule has 0 saturated carbocycles. The molecule has 0 saturated heterocycles. The number of halogens is 1. The molecular weight excluding hydrogens is 408 g/mol. The molecule has 5 heteroatoms. The predicted octanol–water partition coefficient (Wildman–Crippen LogP) is 5.37. The smallest absolute Gasteiger partial charge is 0.278 e. The van der Waals surface area contributed by atoms with E-state index in [0.717, 1.165) is 27.9 Å². The van der Waals surface area contributed by atoms with Crippen molar-refractivity contribution in [2.75, 3.05) is 11.9 Å². The molecule has 1 aliphatic rings. The van der Waals surface area contributed by atoms with E-state index in [9.17, 15) is 9.59 Å². The van der Waals surface area contributed by atoms with E-state index < -0.39 is 0 Å². The van der Waals surface area contributed by atoms with Crippen molar-refractivity contribution < 1.29 is 9.59 Å². The van der Waals surface area contributed by atoms with Gasteiger partial charge in [-0.3, -0.25) is 14.5 Å². The lowest BCUT2D eigenvalue weighted by atomic mass is 9.99. The molecular formula is C26H23ClN2O2. The molecule has 0 aromatic heterocycles. The highest BCUT2D eigenvalue weighted by Crippen LogP contribution is 2.35. The van der Waals surface area contributed by atoms with E-state index in [-0.39, 0.29) is 18.4 Å². The van der Waals surface area contributed by atoms with Gasteiger partial charge >= 0.3 is 0 Å². The van der Waals surface area contributed by atoms with Crippen LogP contribution in [-0.4, -0.2) is 23.8 Å². The fourth-order valence-electron chi connectivity index (χ4n) is 3.73. The summed E-state index contributed by atoms with van der Waals surface area (Å²) in [5, 5.41) is 0.612. The highest BCUT2D eigenvalue weighted by Gasteiger charge is 2.41. The van der Waals surface area contributed by atoms with Gasteiger partial charge in [-0.1, -0.05) is 60.1 Å². The molecule has 0 N–H and O–H groups in total. The molecule has 31 heavy (non-hydrogen) atoms. The van der Waals surface area contributed by atoms with Gasteiger partial charge in [-0.05, 0) is 60.4 Å². The first-order valence-electron chi connectivity index (χ1n) is 10.1. The third kappa shape index (κ3) is 3.99. The number of hydrogen-bond donors (Lipinski definition) is 0. The number of para-hydroxylation sites is 1. The molecule has 0 atom stereocenters. The van der Waals surface area contributed by atoms with Crippen molar-refractivity contribution in [1.82, 2.24) is 4.90 Å². The number of aryl methyl sites for hydroxylation is 2. The Morgan fingerprint density at radius 1 is 0.839 bits per heavy atom. The Morgan fingerprint density at radius 2 is 1.52 bits per heavy atom. The second-order valence-corrected chi connectivity index (χ2v) is 8.18. The zero-order chi connectivity index (χ0) is 22.1. The minimum atomic E-state index is -0.306. The fraction of sp³-hybridized carbons (Fsp3) is 0.154. The molecule has 0 spiro atoms. The first-order chi connectivity index (χ1) is 14.9. The van der Waals surface area contributed by atoms with Gasteiger partial charge in [-0.15, -0.1) is 0 Å². The molecule has 3 aromatic carbocycles. The maximum atomic E-state index is 13.5. The summed E-state index contributed by atoms with van der Waals surface area (Å²) in [7, 11) is 1.82. The molecule has 156 valence electrons. The van der Waals surface area contributed by atoms with E-state index in [2.05, 4.69) is 0 Å². The second kappa shape index (κ2) is 8.40. The van der Waals surface area contributed by atoms with Crippen LogP contribution in [0.25, 0.3) is 5.57 Å². The van der Waals surface area contributed by atoms with Gasteiger partial charge < -0.3 is 4.90 Å². The van der Waals surface area contributed by atoms with E-state index in [4.69, 9.17) is 11.6 Å². The molecule has 2 amide bonds. The van der Waals surface area contributed by atoms with Gasteiger partial charge in [0.1, 0.15) is 5.70 Å². The van der Waals surface area contributed by atoms with Crippen molar-refractivity contribution in [2.45, 2.75) is 20.4 Å². The lowest BCUT2D eigenvalue weighted by molar-refractivity contribution is -0.137. The summed E-state index contributed by atoms with van der Waals surface area (Å²) >= 11 is 5.99. The van der Waals surface area contributed by atoms with Gasteiger partial charge in [0, 0.05) is 17.8 Å². The van der Waals surface area contributed by atoms with Crippen LogP contribution in [0.4, 0.5) is 5.69 Å². The van der Waals surface area contributed by atoms with Crippen molar-refractivity contribution in [3.05, 3.63) is 106 Å². The quantitative estimate of drug-likeness (QED) is 0.511. The predicted molar refractivity (Wildman–Crippen MR) is 125 cm³/mol. The Hall–Kier alpha value is -3.37. The molecule has 1 aliphatic heterocycles. The number of rotatable bonds is 5. The Kier molecular flexibility index (Phi) is 5.66. The minimum Gasteiger partial charge on any atom is -0.339 e. The van der Waals surface area contributed by atoms with Crippen LogP contribution in [0.1, 0.15) is 22.3 Å². The van der Waals surface area contributed by atoms with E-state index in [1.807, 2.05) is 81.6 Å². The zero-order valence-corrected chi connectivity index (χ0v) is 18.5. The molecule has 0 bridgehead atoms. The average molecular weight is 431 g/mol. The standard InChI is InChI=1S/C26H23ClN2O2/c1-17-9-12-20(15-18(17)2)23-24(28(3)22-7-5-4-6-8-22)26(31)29(25(23)30)16-19-10-13-21(27)14-11-19/h4-15H,16H2,1-3H3. The van der Waals surface area contributed by atoms with Gasteiger partial charge in [0.2, 0.25) is 0 Å². The van der Waals surface area contributed by atoms with E-state index in [1.54, 1.807) is 17.0 Å². The molecule has 3 aromatic rings. The maximum absolute atomic E-state index is 13.5. The third-order valence-electron chi connectivity index (χ3n) is 5.67. The van der Waals surface area contributed by atoms with Crippen LogP contribution in [0.5, 0.6) is 0 Å². The van der Waals surface area contributed by atoms with Crippen molar-refractivity contribution in [3.8, 4) is 0 Å². The van der Waals surface area contributed by atoms with Crippen LogP contribution in [0.15, 0.2) is 78.5 Å². The van der Waals surface area contributed by atoms with Gasteiger partial charge in [0.25, 0.3) is 11.8 Å². The largest absolute Gasteiger partial charge is 0.339 e. The van der Waals surface area contributed by atoms with Crippen LogP contribution in [0, 0.1) is 13.8 Å². The first kappa shape index (κ1) is 20.9.